The molecule has 108 heavy (non-hydrogen) atoms. The van der Waals surface area contributed by atoms with Crippen molar-refractivity contribution in [1.82, 2.24) is 0 Å². The van der Waals surface area contributed by atoms with Gasteiger partial charge in [-0.2, -0.15) is 263 Å². The number of nitrogens with two attached hydrogens (primary N) is 1. The van der Waals surface area contributed by atoms with Crippen molar-refractivity contribution >= 4 is 7.82 Å². The summed E-state index contributed by atoms with van der Waals surface area (Å²) >= 11 is 0. The van der Waals surface area contributed by atoms with Gasteiger partial charge in [0.2, 0.25) is 0 Å². The summed E-state index contributed by atoms with van der Waals surface area (Å²) < 4.78 is 872. The van der Waals surface area contributed by atoms with Gasteiger partial charge in [-0.25, -0.2) is 8.78 Å². The summed E-state index contributed by atoms with van der Waals surface area (Å²) in [6.07, 6.45) is -45.2. The average Bonchev–Trinajstić information content (AvgIpc) is 0.678. The molecule has 0 unspecified atom stereocenters. The van der Waals surface area contributed by atoms with E-state index >= 15 is 0 Å². The highest BCUT2D eigenvalue weighted by molar-refractivity contribution is 7.45. The Kier molecular flexibility index (Phi) is 28.0. The van der Waals surface area contributed by atoms with E-state index in [1.54, 1.807) is 0 Å². The zero-order valence-electron chi connectivity index (χ0n) is 47.6. The molecule has 4 N–H and O–H groups in total. The van der Waals surface area contributed by atoms with E-state index in [9.17, 15) is 282 Å². The van der Waals surface area contributed by atoms with Crippen LogP contribution in [0.15, 0.2) is 0 Å². The minimum atomic E-state index is -10.6. The van der Waals surface area contributed by atoms with Crippen molar-refractivity contribution in [1.29, 1.82) is 0 Å². The molecule has 0 spiro atoms. The molecule has 0 fully saturated rings. The Morgan fingerprint density at radius 3 is 0.463 bits per heavy atom. The fourth-order valence-corrected chi connectivity index (χ4v) is 7.43. The van der Waals surface area contributed by atoms with Crippen LogP contribution in [0.2, 0.25) is 0 Å². The van der Waals surface area contributed by atoms with Gasteiger partial charge in [0.15, 0.2) is 0 Å². The molecule has 0 rings (SSSR count). The Bertz CT molecular complexity index is 2850. The highest BCUT2D eigenvalue weighted by Gasteiger charge is 3.05. The molecule has 0 aliphatic carbocycles. The van der Waals surface area contributed by atoms with Crippen molar-refractivity contribution in [3.63, 3.8) is 0 Å². The van der Waals surface area contributed by atoms with E-state index in [0.29, 0.717) is 13.1 Å². The summed E-state index contributed by atoms with van der Waals surface area (Å²) in [7, 11) is -7.89. The molecule has 7 nitrogen and oxygen atoms in total. The molecule has 0 aromatic heterocycles. The normalized spacial score (nSPS) is 16.8. The molecule has 0 amide bonds. The summed E-state index contributed by atoms with van der Waals surface area (Å²) in [5, 5.41) is 18.2. The van der Waals surface area contributed by atoms with E-state index in [2.05, 4.69) is 9.05 Å². The van der Waals surface area contributed by atoms with Crippen LogP contribution in [-0.2, 0) is 13.6 Å². The van der Waals surface area contributed by atoms with Gasteiger partial charge in [0.05, 0.1) is 39.5 Å². The van der Waals surface area contributed by atoms with Crippen LogP contribution in [0.4, 0.5) is 272 Å². The molecule has 0 aromatic rings. The standard InChI is InChI=1S/C34H9F62O4P.C4H11NO2/c35-5(36,9(41,42)13(49,50)17(57,58)21(65,66)25(73,74)29(81,82)27(77,78)23(69,70)19(61,62)15(53,54)11(45,46)7(39,31(85,86)87)32(88,89)90)1-3-99-101(97,98)100-4-2-6(37,38)10(43,44)14(51,52)18(59,60)22(67,68)26(75,76)30(83,84)28(79,80)24(71,72)20(63,64)16(55,56)12(47,48)8(40,33(91,92)93)34(94,95)96;6-3-1-5-2-4-7/h1-4H2,(H,97,98);5-7H,1-4H2. The molecule has 0 aliphatic heterocycles. The van der Waals surface area contributed by atoms with Gasteiger partial charge in [0.25, 0.3) is 7.82 Å². The molecule has 0 aliphatic rings. The minimum Gasteiger partial charge on any atom is -0.756 e. The number of aliphatic hydroxyl groups excluding tert-OH is 2. The molecule has 652 valence electrons. The topological polar surface area (TPSA) is 116 Å². The van der Waals surface area contributed by atoms with E-state index in [-0.39, 0.29) is 13.2 Å². The number of phosphoric acid groups is 1. The molecule has 0 bridgehead atoms. The number of hydrogen-bond donors (Lipinski definition) is 3. The number of aliphatic hydroxyl groups is 2. The molecule has 0 heterocycles. The SMILES string of the molecule is O=P([O-])(OCCC(F)(F)C(F)(F)C(F)(F)C(F)(F)C(F)(F)C(F)(F)C(F)(F)C(F)(F)C(F)(F)C(F)(F)C(F)(F)C(F)(F)C(F)(C(F)(F)F)C(F)(F)F)OCCC(F)(F)C(F)(F)C(F)(F)C(F)(F)C(F)(F)C(F)(F)C(F)(F)C(F)(F)C(F)(F)C(F)(F)C(F)(F)C(F)(F)C(F)(C(F)(F)F)C(F)(F)F.OCC[NH2+]CCO. The van der Waals surface area contributed by atoms with Crippen LogP contribution in [0.1, 0.15) is 12.8 Å². The Labute approximate surface area is 545 Å². The van der Waals surface area contributed by atoms with E-state index < -0.39 is 212 Å². The van der Waals surface area contributed by atoms with Crippen molar-refractivity contribution in [2.24, 2.45) is 0 Å². The second kappa shape index (κ2) is 28.6. The van der Waals surface area contributed by atoms with Crippen molar-refractivity contribution in [2.75, 3.05) is 39.5 Å². The number of alkyl halides is 62. The fourth-order valence-electron chi connectivity index (χ4n) is 6.72. The van der Waals surface area contributed by atoms with E-state index in [4.69, 9.17) is 10.2 Å². The highest BCUT2D eigenvalue weighted by atomic mass is 31.2. The molecule has 0 atom stereocenters. The fraction of sp³-hybridized carbons (Fsp3) is 1.00. The van der Waals surface area contributed by atoms with Crippen molar-refractivity contribution in [2.45, 2.75) is 191 Å². The summed E-state index contributed by atoms with van der Waals surface area (Å²) in [5.41, 5.74) is -19.3. The van der Waals surface area contributed by atoms with Gasteiger partial charge < -0.3 is 29.5 Å². The lowest BCUT2D eigenvalue weighted by atomic mass is 9.81. The number of hydrogen-bond acceptors (Lipinski definition) is 6. The second-order valence-corrected chi connectivity index (χ2v) is 21.7. The van der Waals surface area contributed by atoms with E-state index in [0.717, 1.165) is 0 Å². The first kappa shape index (κ1) is 106. The summed E-state index contributed by atoms with van der Waals surface area (Å²) in [6, 6.07) is 0. The number of halogens is 62. The van der Waals surface area contributed by atoms with Crippen molar-refractivity contribution < 1.29 is 306 Å². The van der Waals surface area contributed by atoms with Gasteiger partial charge in [-0.1, -0.05) is 0 Å². The monoisotopic (exact) mass is 1800 g/mol. The van der Waals surface area contributed by atoms with Crippen molar-refractivity contribution in [3.05, 3.63) is 0 Å². The van der Waals surface area contributed by atoms with Crippen LogP contribution in [0.3, 0.4) is 0 Å². The maximum absolute atomic E-state index is 14.2. The second-order valence-electron chi connectivity index (χ2n) is 20.3. The van der Waals surface area contributed by atoms with Crippen LogP contribution in [0.25, 0.3) is 0 Å². The molecular formula is C38H20F62NO6P. The highest BCUT2D eigenvalue weighted by Crippen LogP contribution is 2.74. The lowest BCUT2D eigenvalue weighted by Crippen LogP contribution is -2.85. The number of quaternary nitrogens is 1. The first-order valence-corrected chi connectivity index (χ1v) is 25.6. The minimum absolute atomic E-state index is 0.194. The molecule has 70 heteroatoms. The van der Waals surface area contributed by atoms with Crippen LogP contribution in [-0.4, -0.2) is 228 Å². The Hall–Kier alpha value is -4.35. The van der Waals surface area contributed by atoms with Crippen LogP contribution >= 0.6 is 7.82 Å². The Morgan fingerprint density at radius 2 is 0.343 bits per heavy atom. The largest absolute Gasteiger partial charge is 0.756 e. The quantitative estimate of drug-likeness (QED) is 0.0327. The third-order valence-corrected chi connectivity index (χ3v) is 14.2. The average molecular weight is 1800 g/mol. The van der Waals surface area contributed by atoms with E-state index in [1.165, 1.54) is 0 Å². The molecule has 0 radical (unpaired) electrons. The van der Waals surface area contributed by atoms with Gasteiger partial charge in [-0.3, -0.25) is 4.57 Å². The van der Waals surface area contributed by atoms with Gasteiger partial charge in [-0.05, 0) is 0 Å². The van der Waals surface area contributed by atoms with Gasteiger partial charge >= 0.3 is 178 Å². The maximum atomic E-state index is 14.2. The number of rotatable bonds is 36. The number of phosphoric ester groups is 1. The lowest BCUT2D eigenvalue weighted by molar-refractivity contribution is -0.657. The summed E-state index contributed by atoms with van der Waals surface area (Å²) in [5.74, 6) is -242. The van der Waals surface area contributed by atoms with E-state index in [1.807, 2.05) is 5.32 Å². The zero-order chi connectivity index (χ0) is 89.3. The third-order valence-electron chi connectivity index (χ3n) is 13.2. The maximum Gasteiger partial charge on any atom is 0.438 e. The molecule has 0 aromatic carbocycles. The summed E-state index contributed by atoms with van der Waals surface area (Å²) in [4.78, 5) is 11.5. The smallest absolute Gasteiger partial charge is 0.438 e. The molecular weight excluding hydrogens is 1780 g/mol. The molecule has 0 saturated carbocycles. The van der Waals surface area contributed by atoms with Crippen LogP contribution < -0.4 is 10.2 Å². The first-order chi connectivity index (χ1) is 45.8. The third kappa shape index (κ3) is 14.4. The summed E-state index contributed by atoms with van der Waals surface area (Å²) in [6.45, 7) is -5.83. The molecule has 0 saturated heterocycles. The van der Waals surface area contributed by atoms with Crippen LogP contribution in [0.5, 0.6) is 0 Å². The predicted molar refractivity (Wildman–Crippen MR) is 205 cm³/mol. The predicted octanol–water partition coefficient (Wildman–Crippen LogP) is 17.7. The van der Waals surface area contributed by atoms with Crippen molar-refractivity contribution in [3.8, 4) is 0 Å². The lowest BCUT2D eigenvalue weighted by Gasteiger charge is -2.47. The zero-order valence-corrected chi connectivity index (χ0v) is 48.5. The van der Waals surface area contributed by atoms with Crippen LogP contribution in [0, 0.1) is 0 Å². The van der Waals surface area contributed by atoms with Gasteiger partial charge in [0, 0.05) is 12.8 Å². The Balaban J connectivity index is 0. The first-order valence-electron chi connectivity index (χ1n) is 24.2. The van der Waals surface area contributed by atoms with Gasteiger partial charge in [0.1, 0.15) is 0 Å². The van der Waals surface area contributed by atoms with Gasteiger partial charge in [-0.15, -0.1) is 0 Å². The Morgan fingerprint density at radius 1 is 0.222 bits per heavy atom.